The van der Waals surface area contributed by atoms with Gasteiger partial charge in [0.25, 0.3) is 0 Å². The molecule has 1 fully saturated rings. The van der Waals surface area contributed by atoms with E-state index >= 15 is 0 Å². The van der Waals surface area contributed by atoms with Crippen molar-refractivity contribution < 1.29 is 23.9 Å². The summed E-state index contributed by atoms with van der Waals surface area (Å²) in [5.41, 5.74) is 5.57. The smallest absolute Gasteiger partial charge is 0.318 e. The minimum atomic E-state index is -0.966. The molecule has 2 rings (SSSR count). The van der Waals surface area contributed by atoms with Crippen LogP contribution in [0.25, 0.3) is 0 Å². The zero-order valence-corrected chi connectivity index (χ0v) is 14.8. The number of nitrogens with two attached hydrogens (primary N) is 1. The second-order valence-corrected chi connectivity index (χ2v) is 6.17. The molecule has 0 aromatic heterocycles. The number of carbonyl (C=O) groups excluding carboxylic acids is 3. The molecule has 1 aromatic carbocycles. The fourth-order valence-corrected chi connectivity index (χ4v) is 2.95. The van der Waals surface area contributed by atoms with Crippen molar-refractivity contribution in [3.63, 3.8) is 0 Å². The van der Waals surface area contributed by atoms with Crippen LogP contribution >= 0.6 is 11.8 Å². The van der Waals surface area contributed by atoms with Gasteiger partial charge in [0.2, 0.25) is 11.8 Å². The predicted octanol–water partition coefficient (Wildman–Crippen LogP) is 0.210. The molecule has 11 heteroatoms. The van der Waals surface area contributed by atoms with Crippen molar-refractivity contribution >= 4 is 41.0 Å². The molecule has 1 aromatic rings. The summed E-state index contributed by atoms with van der Waals surface area (Å²) in [6, 6.07) is 4.25. The first-order valence-corrected chi connectivity index (χ1v) is 8.20. The van der Waals surface area contributed by atoms with E-state index in [-0.39, 0.29) is 11.6 Å². The van der Waals surface area contributed by atoms with Gasteiger partial charge in [0.15, 0.2) is 16.7 Å². The number of nitrogens with one attached hydrogen (secondary N) is 2. The molecule has 1 saturated heterocycles. The number of methoxy groups -OCH3 is 2. The Morgan fingerprint density at radius 1 is 1.35 bits per heavy atom. The fourth-order valence-electron chi connectivity index (χ4n) is 2.02. The number of amides is 4. The van der Waals surface area contributed by atoms with Gasteiger partial charge in [-0.05, 0) is 23.8 Å². The van der Waals surface area contributed by atoms with E-state index in [2.05, 4.69) is 15.5 Å². The number of carbonyl (C=O) groups is 3. The van der Waals surface area contributed by atoms with Crippen LogP contribution in [0.3, 0.4) is 0 Å². The van der Waals surface area contributed by atoms with Crippen LogP contribution in [-0.4, -0.2) is 48.7 Å². The number of thioether (sulfide) groups is 1. The van der Waals surface area contributed by atoms with Gasteiger partial charge in [-0.2, -0.15) is 5.10 Å². The molecule has 1 aliphatic heterocycles. The summed E-state index contributed by atoms with van der Waals surface area (Å²) in [5, 5.41) is 11.8. The van der Waals surface area contributed by atoms with Gasteiger partial charge in [0.05, 0.1) is 20.4 Å². The van der Waals surface area contributed by atoms with Crippen LogP contribution in [0.4, 0.5) is 4.79 Å². The van der Waals surface area contributed by atoms with Crippen molar-refractivity contribution in [1.82, 2.24) is 10.6 Å². The third-order valence-electron chi connectivity index (χ3n) is 3.17. The zero-order valence-electron chi connectivity index (χ0n) is 14.0. The van der Waals surface area contributed by atoms with Gasteiger partial charge >= 0.3 is 6.03 Å². The summed E-state index contributed by atoms with van der Waals surface area (Å²) in [6.45, 7) is 0. The van der Waals surface area contributed by atoms with Crippen molar-refractivity contribution in [2.24, 2.45) is 15.9 Å². The predicted molar refractivity (Wildman–Crippen MR) is 96.4 cm³/mol. The molecule has 10 nitrogen and oxygen atoms in total. The number of hydrogen-bond donors (Lipinski definition) is 3. The van der Waals surface area contributed by atoms with Crippen molar-refractivity contribution in [2.75, 3.05) is 14.2 Å². The van der Waals surface area contributed by atoms with E-state index < -0.39 is 23.1 Å². The lowest BCUT2D eigenvalue weighted by Gasteiger charge is -2.07. The quantitative estimate of drug-likeness (QED) is 0.476. The van der Waals surface area contributed by atoms with Crippen molar-refractivity contribution in [2.45, 2.75) is 11.7 Å². The van der Waals surface area contributed by atoms with E-state index in [0.29, 0.717) is 11.5 Å². The van der Waals surface area contributed by atoms with Crippen LogP contribution in [0, 0.1) is 0 Å². The number of imide groups is 1. The van der Waals surface area contributed by atoms with Gasteiger partial charge in [-0.3, -0.25) is 14.9 Å². The van der Waals surface area contributed by atoms with Crippen LogP contribution in [0.2, 0.25) is 0 Å². The Labute approximate surface area is 153 Å². The lowest BCUT2D eigenvalue weighted by atomic mass is 10.2. The Hall–Kier alpha value is -3.08. The summed E-state index contributed by atoms with van der Waals surface area (Å²) in [4.78, 5) is 33.9. The van der Waals surface area contributed by atoms with E-state index in [1.54, 1.807) is 18.2 Å². The lowest BCUT2D eigenvalue weighted by Crippen LogP contribution is -2.37. The Kier molecular flexibility index (Phi) is 6.55. The number of benzene rings is 1. The van der Waals surface area contributed by atoms with Gasteiger partial charge < -0.3 is 20.5 Å². The van der Waals surface area contributed by atoms with Crippen LogP contribution in [0.1, 0.15) is 12.0 Å². The Balaban J connectivity index is 1.98. The Morgan fingerprint density at radius 2 is 2.08 bits per heavy atom. The molecular formula is C15H17N5O5S. The van der Waals surface area contributed by atoms with E-state index in [1.807, 2.05) is 5.32 Å². The van der Waals surface area contributed by atoms with Gasteiger partial charge in [-0.25, -0.2) is 4.79 Å². The monoisotopic (exact) mass is 379 g/mol. The highest BCUT2D eigenvalue weighted by Gasteiger charge is 2.32. The molecule has 4 amide bonds. The minimum Gasteiger partial charge on any atom is -0.493 e. The Bertz CT molecular complexity index is 780. The molecule has 1 heterocycles. The molecule has 0 bridgehead atoms. The molecule has 1 atom stereocenters. The van der Waals surface area contributed by atoms with Gasteiger partial charge in [-0.15, -0.1) is 5.10 Å². The number of amidine groups is 1. The van der Waals surface area contributed by atoms with Gasteiger partial charge in [0.1, 0.15) is 5.25 Å². The minimum absolute atomic E-state index is 0.197. The van der Waals surface area contributed by atoms with Crippen LogP contribution < -0.4 is 25.8 Å². The maximum absolute atomic E-state index is 11.8. The highest BCUT2D eigenvalue weighted by Crippen LogP contribution is 2.27. The first-order valence-electron chi connectivity index (χ1n) is 7.32. The maximum atomic E-state index is 11.8. The normalized spacial score (nSPS) is 18.0. The SMILES string of the molecule is COc1ccc(/C=N\N=C2\NC(=O)[C@H](CC(=O)NC(N)=O)S2)cc1OC. The van der Waals surface area contributed by atoms with Crippen molar-refractivity contribution in [3.8, 4) is 11.5 Å². The molecule has 0 aliphatic carbocycles. The summed E-state index contributed by atoms with van der Waals surface area (Å²) >= 11 is 1.04. The molecule has 0 radical (unpaired) electrons. The van der Waals surface area contributed by atoms with Gasteiger partial charge in [0, 0.05) is 6.42 Å². The maximum Gasteiger partial charge on any atom is 0.318 e. The fraction of sp³-hybridized carbons (Fsp3) is 0.267. The van der Waals surface area contributed by atoms with E-state index in [1.165, 1.54) is 20.4 Å². The van der Waals surface area contributed by atoms with Crippen LogP contribution in [-0.2, 0) is 9.59 Å². The summed E-state index contributed by atoms with van der Waals surface area (Å²) in [5.74, 6) is 0.106. The van der Waals surface area contributed by atoms with Crippen molar-refractivity contribution in [1.29, 1.82) is 0 Å². The molecule has 0 spiro atoms. The first kappa shape index (κ1) is 19.2. The summed E-state index contributed by atoms with van der Waals surface area (Å²) in [6.07, 6.45) is 1.28. The average molecular weight is 379 g/mol. The van der Waals surface area contributed by atoms with E-state index in [9.17, 15) is 14.4 Å². The van der Waals surface area contributed by atoms with E-state index in [4.69, 9.17) is 15.2 Å². The number of hydrogen-bond acceptors (Lipinski definition) is 8. The summed E-state index contributed by atoms with van der Waals surface area (Å²) in [7, 11) is 3.07. The van der Waals surface area contributed by atoms with Gasteiger partial charge in [-0.1, -0.05) is 11.8 Å². The molecule has 26 heavy (non-hydrogen) atoms. The average Bonchev–Trinajstić information content (AvgIpc) is 2.93. The first-order chi connectivity index (χ1) is 12.4. The second kappa shape index (κ2) is 8.85. The molecule has 0 saturated carbocycles. The zero-order chi connectivity index (χ0) is 19.1. The largest absolute Gasteiger partial charge is 0.493 e. The molecular weight excluding hydrogens is 362 g/mol. The molecule has 4 N–H and O–H groups in total. The molecule has 0 unspecified atom stereocenters. The number of rotatable bonds is 6. The highest BCUT2D eigenvalue weighted by atomic mass is 32.2. The standard InChI is InChI=1S/C15H17N5O5S/c1-24-9-4-3-8(5-10(9)25-2)7-17-20-15-19-13(22)11(26-15)6-12(21)18-14(16)23/h3-5,7,11H,6H2,1-2H3,(H,19,20,22)(H3,16,18,21,23)/b17-7-/t11-/m0/s1. The highest BCUT2D eigenvalue weighted by molar-refractivity contribution is 8.15. The van der Waals surface area contributed by atoms with Crippen LogP contribution in [0.5, 0.6) is 11.5 Å². The van der Waals surface area contributed by atoms with Crippen molar-refractivity contribution in [3.05, 3.63) is 23.8 Å². The van der Waals surface area contributed by atoms with E-state index in [0.717, 1.165) is 17.3 Å². The summed E-state index contributed by atoms with van der Waals surface area (Å²) < 4.78 is 10.3. The Morgan fingerprint density at radius 3 is 2.73 bits per heavy atom. The molecule has 1 aliphatic rings. The lowest BCUT2D eigenvalue weighted by molar-refractivity contribution is -0.124. The molecule has 138 valence electrons. The number of ether oxygens (including phenoxy) is 2. The number of primary amides is 1. The topological polar surface area (TPSA) is 144 Å². The number of urea groups is 1. The number of nitrogens with zero attached hydrogens (tertiary/aromatic N) is 2. The second-order valence-electron chi connectivity index (χ2n) is 4.98. The van der Waals surface area contributed by atoms with Crippen LogP contribution in [0.15, 0.2) is 28.4 Å². The third-order valence-corrected chi connectivity index (χ3v) is 4.25. The third kappa shape index (κ3) is 5.21.